The minimum Gasteiger partial charge on any atom is -0.493 e. The molecule has 29 heavy (non-hydrogen) atoms. The molecule has 1 heterocycles. The standard InChI is InChI=1S/C22H25FN2O4/c1-14-11-15(7-8-17(14)23)21(26)24-18-13-20(29-3)19(28-2)12-16(18)22(27)25-9-5-4-6-10-25/h7-8,11-13H,4-6,9-10H2,1-3H3,(H,24,26). The van der Waals surface area contributed by atoms with E-state index in [1.807, 2.05) is 0 Å². The number of hydrogen-bond donors (Lipinski definition) is 1. The lowest BCUT2D eigenvalue weighted by molar-refractivity contribution is 0.0725. The van der Waals surface area contributed by atoms with Crippen molar-refractivity contribution in [1.82, 2.24) is 4.90 Å². The number of aryl methyl sites for hydroxylation is 1. The SMILES string of the molecule is COc1cc(NC(=O)c2ccc(F)c(C)c2)c(C(=O)N2CCCCC2)cc1OC. The van der Waals surface area contributed by atoms with Crippen LogP contribution in [0.15, 0.2) is 30.3 Å². The highest BCUT2D eigenvalue weighted by molar-refractivity contribution is 6.09. The minimum atomic E-state index is -0.437. The molecule has 0 atom stereocenters. The summed E-state index contributed by atoms with van der Waals surface area (Å²) in [6.45, 7) is 2.95. The molecule has 2 amide bonds. The molecule has 0 radical (unpaired) electrons. The van der Waals surface area contributed by atoms with Crippen molar-refractivity contribution in [2.45, 2.75) is 26.2 Å². The first-order valence-electron chi connectivity index (χ1n) is 9.57. The Kier molecular flexibility index (Phi) is 6.36. The summed E-state index contributed by atoms with van der Waals surface area (Å²) in [5.74, 6) is -0.186. The molecule has 1 saturated heterocycles. The van der Waals surface area contributed by atoms with Crippen molar-refractivity contribution in [3.8, 4) is 11.5 Å². The highest BCUT2D eigenvalue weighted by atomic mass is 19.1. The number of likely N-dealkylation sites (tertiary alicyclic amines) is 1. The van der Waals surface area contributed by atoms with Gasteiger partial charge in [0.05, 0.1) is 25.5 Å². The fourth-order valence-electron chi connectivity index (χ4n) is 3.41. The van der Waals surface area contributed by atoms with Crippen LogP contribution < -0.4 is 14.8 Å². The molecule has 1 aliphatic rings. The smallest absolute Gasteiger partial charge is 0.256 e. The molecule has 6 nitrogen and oxygen atoms in total. The number of piperidine rings is 1. The second-order valence-corrected chi connectivity index (χ2v) is 7.02. The number of carbonyl (C=O) groups excluding carboxylic acids is 2. The lowest BCUT2D eigenvalue weighted by Crippen LogP contribution is -2.36. The largest absolute Gasteiger partial charge is 0.493 e. The summed E-state index contributed by atoms with van der Waals surface area (Å²) in [4.78, 5) is 27.7. The van der Waals surface area contributed by atoms with Crippen LogP contribution in [-0.4, -0.2) is 44.0 Å². The second kappa shape index (κ2) is 8.94. The third-order valence-corrected chi connectivity index (χ3v) is 5.07. The van der Waals surface area contributed by atoms with Gasteiger partial charge in [-0.25, -0.2) is 4.39 Å². The predicted molar refractivity (Wildman–Crippen MR) is 108 cm³/mol. The van der Waals surface area contributed by atoms with Gasteiger partial charge in [0.25, 0.3) is 11.8 Å². The zero-order valence-electron chi connectivity index (χ0n) is 16.9. The van der Waals surface area contributed by atoms with Gasteiger partial charge in [-0.2, -0.15) is 0 Å². The van der Waals surface area contributed by atoms with Crippen LogP contribution in [0, 0.1) is 12.7 Å². The summed E-state index contributed by atoms with van der Waals surface area (Å²) in [5.41, 5.74) is 1.33. The second-order valence-electron chi connectivity index (χ2n) is 7.02. The Morgan fingerprint density at radius 1 is 1.00 bits per heavy atom. The van der Waals surface area contributed by atoms with E-state index in [-0.39, 0.29) is 11.7 Å². The Hall–Kier alpha value is -3.09. The van der Waals surface area contributed by atoms with Gasteiger partial charge in [-0.15, -0.1) is 0 Å². The topological polar surface area (TPSA) is 67.9 Å². The minimum absolute atomic E-state index is 0.170. The molecule has 0 spiro atoms. The molecule has 0 saturated carbocycles. The number of amides is 2. The number of nitrogens with one attached hydrogen (secondary N) is 1. The Bertz CT molecular complexity index is 923. The van der Waals surface area contributed by atoms with Crippen LogP contribution in [0.5, 0.6) is 11.5 Å². The van der Waals surface area contributed by atoms with Crippen molar-refractivity contribution in [3.05, 3.63) is 52.8 Å². The first-order valence-corrected chi connectivity index (χ1v) is 9.57. The average molecular weight is 400 g/mol. The van der Waals surface area contributed by atoms with E-state index in [1.165, 1.54) is 32.4 Å². The summed E-state index contributed by atoms with van der Waals surface area (Å²) < 4.78 is 24.2. The first-order chi connectivity index (χ1) is 13.9. The van der Waals surface area contributed by atoms with Crippen molar-refractivity contribution in [1.29, 1.82) is 0 Å². The van der Waals surface area contributed by atoms with E-state index >= 15 is 0 Å². The molecule has 2 aromatic rings. The maximum atomic E-state index is 13.5. The molecule has 3 rings (SSSR count). The number of methoxy groups -OCH3 is 2. The van der Waals surface area contributed by atoms with Crippen LogP contribution in [0.25, 0.3) is 0 Å². The molecular formula is C22H25FN2O4. The number of benzene rings is 2. The molecule has 0 bridgehead atoms. The summed E-state index contributed by atoms with van der Waals surface area (Å²) in [6, 6.07) is 7.28. The van der Waals surface area contributed by atoms with Crippen LogP contribution in [0.4, 0.5) is 10.1 Å². The third kappa shape index (κ3) is 4.50. The molecule has 0 unspecified atom stereocenters. The first kappa shape index (κ1) is 20.6. The average Bonchev–Trinajstić information content (AvgIpc) is 2.75. The lowest BCUT2D eigenvalue weighted by Gasteiger charge is -2.28. The lowest BCUT2D eigenvalue weighted by atomic mass is 10.1. The van der Waals surface area contributed by atoms with Crippen molar-refractivity contribution < 1.29 is 23.5 Å². The van der Waals surface area contributed by atoms with Crippen molar-refractivity contribution >= 4 is 17.5 Å². The van der Waals surface area contributed by atoms with Gasteiger partial charge in [-0.3, -0.25) is 9.59 Å². The van der Waals surface area contributed by atoms with Crippen LogP contribution in [0.2, 0.25) is 0 Å². The van der Waals surface area contributed by atoms with Crippen LogP contribution >= 0.6 is 0 Å². The zero-order chi connectivity index (χ0) is 21.0. The molecular weight excluding hydrogens is 375 g/mol. The van der Waals surface area contributed by atoms with Gasteiger partial charge < -0.3 is 19.7 Å². The number of anilines is 1. The van der Waals surface area contributed by atoms with Crippen molar-refractivity contribution in [2.24, 2.45) is 0 Å². The van der Waals surface area contributed by atoms with Gasteiger partial charge in [0.1, 0.15) is 5.82 Å². The monoisotopic (exact) mass is 400 g/mol. The van der Waals surface area contributed by atoms with Crippen LogP contribution in [-0.2, 0) is 0 Å². The molecule has 7 heteroatoms. The summed E-state index contributed by atoms with van der Waals surface area (Å²) in [5, 5.41) is 2.78. The highest BCUT2D eigenvalue weighted by Gasteiger charge is 2.24. The van der Waals surface area contributed by atoms with Gasteiger partial charge in [0, 0.05) is 24.7 Å². The molecule has 154 valence electrons. The van der Waals surface area contributed by atoms with E-state index in [9.17, 15) is 14.0 Å². The van der Waals surface area contributed by atoms with Crippen LogP contribution in [0.3, 0.4) is 0 Å². The van der Waals surface area contributed by atoms with Gasteiger partial charge >= 0.3 is 0 Å². The Balaban J connectivity index is 1.97. The van der Waals surface area contributed by atoms with E-state index in [0.717, 1.165) is 19.3 Å². The fourth-order valence-corrected chi connectivity index (χ4v) is 3.41. The number of carbonyl (C=O) groups is 2. The van der Waals surface area contributed by atoms with Crippen LogP contribution in [0.1, 0.15) is 45.5 Å². The van der Waals surface area contributed by atoms with Gasteiger partial charge in [0.15, 0.2) is 11.5 Å². The van der Waals surface area contributed by atoms with Gasteiger partial charge in [0.2, 0.25) is 0 Å². The van der Waals surface area contributed by atoms with Crippen molar-refractivity contribution in [3.63, 3.8) is 0 Å². The van der Waals surface area contributed by atoms with Gasteiger partial charge in [-0.05, 0) is 56.0 Å². The Morgan fingerprint density at radius 3 is 2.28 bits per heavy atom. The number of nitrogens with zero attached hydrogens (tertiary/aromatic N) is 1. The number of rotatable bonds is 5. The third-order valence-electron chi connectivity index (χ3n) is 5.07. The zero-order valence-corrected chi connectivity index (χ0v) is 16.9. The fraction of sp³-hybridized carbons (Fsp3) is 0.364. The molecule has 1 N–H and O–H groups in total. The highest BCUT2D eigenvalue weighted by Crippen LogP contribution is 2.34. The molecule has 1 fully saturated rings. The maximum Gasteiger partial charge on any atom is 0.256 e. The maximum absolute atomic E-state index is 13.5. The van der Waals surface area contributed by atoms with E-state index in [2.05, 4.69) is 5.32 Å². The molecule has 0 aliphatic carbocycles. The quantitative estimate of drug-likeness (QED) is 0.823. The van der Waals surface area contributed by atoms with E-state index < -0.39 is 5.91 Å². The van der Waals surface area contributed by atoms with E-state index in [1.54, 1.807) is 24.0 Å². The summed E-state index contributed by atoms with van der Waals surface area (Å²) in [6.07, 6.45) is 3.01. The van der Waals surface area contributed by atoms with Gasteiger partial charge in [-0.1, -0.05) is 0 Å². The number of hydrogen-bond acceptors (Lipinski definition) is 4. The molecule has 0 aromatic heterocycles. The Labute approximate surface area is 169 Å². The summed E-state index contributed by atoms with van der Waals surface area (Å²) >= 11 is 0. The summed E-state index contributed by atoms with van der Waals surface area (Å²) in [7, 11) is 2.98. The van der Waals surface area contributed by atoms with E-state index in [0.29, 0.717) is 47.0 Å². The normalized spacial score (nSPS) is 13.7. The number of ether oxygens (including phenoxy) is 2. The van der Waals surface area contributed by atoms with E-state index in [4.69, 9.17) is 9.47 Å². The predicted octanol–water partition coefficient (Wildman–Crippen LogP) is 4.03. The number of halogens is 1. The van der Waals surface area contributed by atoms with Crippen molar-refractivity contribution in [2.75, 3.05) is 32.6 Å². The Morgan fingerprint density at radius 2 is 1.66 bits per heavy atom. The molecule has 2 aromatic carbocycles. The molecule has 1 aliphatic heterocycles.